The molecule has 4 heteroatoms. The Morgan fingerprint density at radius 2 is 1.81 bits per heavy atom. The zero-order valence-corrected chi connectivity index (χ0v) is 9.76. The maximum atomic E-state index is 13.3. The fourth-order valence-electron chi connectivity index (χ4n) is 1.30. The molecule has 1 rings (SSSR count). The summed E-state index contributed by atoms with van der Waals surface area (Å²) in [6.45, 7) is 5.93. The van der Waals surface area contributed by atoms with Crippen molar-refractivity contribution < 1.29 is 4.39 Å². The number of benzene rings is 1. The van der Waals surface area contributed by atoms with Gasteiger partial charge in [0, 0.05) is 18.7 Å². The fourth-order valence-corrected chi connectivity index (χ4v) is 1.30. The summed E-state index contributed by atoms with van der Waals surface area (Å²) in [4.78, 5) is 4.29. The number of hydrogen-bond acceptors (Lipinski definition) is 1. The van der Waals surface area contributed by atoms with Crippen molar-refractivity contribution in [1.82, 2.24) is 10.6 Å². The van der Waals surface area contributed by atoms with Crippen LogP contribution in [0, 0.1) is 5.82 Å². The monoisotopic (exact) mass is 223 g/mol. The maximum Gasteiger partial charge on any atom is 0.191 e. The van der Waals surface area contributed by atoms with E-state index in [-0.39, 0.29) is 5.82 Å². The lowest BCUT2D eigenvalue weighted by Gasteiger charge is -2.09. The van der Waals surface area contributed by atoms with Crippen molar-refractivity contribution in [3.63, 3.8) is 0 Å². The molecule has 0 heterocycles. The summed E-state index contributed by atoms with van der Waals surface area (Å²) in [5.41, 5.74) is 0.607. The largest absolute Gasteiger partial charge is 0.357 e. The number of hydrogen-bond donors (Lipinski definition) is 2. The van der Waals surface area contributed by atoms with Crippen LogP contribution < -0.4 is 10.6 Å². The SMILES string of the molecule is CCNC(=NCc1ccccc1F)NCC. The Kier molecular flexibility index (Phi) is 5.32. The molecular formula is C12H18FN3. The van der Waals surface area contributed by atoms with Gasteiger partial charge in [0.25, 0.3) is 0 Å². The van der Waals surface area contributed by atoms with E-state index in [0.29, 0.717) is 18.1 Å². The van der Waals surface area contributed by atoms with Gasteiger partial charge >= 0.3 is 0 Å². The lowest BCUT2D eigenvalue weighted by Crippen LogP contribution is -2.37. The topological polar surface area (TPSA) is 36.4 Å². The third-order valence-electron chi connectivity index (χ3n) is 2.05. The van der Waals surface area contributed by atoms with Gasteiger partial charge in [-0.25, -0.2) is 9.38 Å². The highest BCUT2D eigenvalue weighted by Gasteiger charge is 2.00. The van der Waals surface area contributed by atoms with Crippen LogP contribution in [0.15, 0.2) is 29.3 Å². The highest BCUT2D eigenvalue weighted by molar-refractivity contribution is 5.79. The second-order valence-corrected chi connectivity index (χ2v) is 3.32. The van der Waals surface area contributed by atoms with Gasteiger partial charge in [0.05, 0.1) is 6.54 Å². The molecule has 0 aliphatic carbocycles. The van der Waals surface area contributed by atoms with Crippen LogP contribution in [0.4, 0.5) is 4.39 Å². The molecule has 0 saturated heterocycles. The lowest BCUT2D eigenvalue weighted by atomic mass is 10.2. The molecule has 3 nitrogen and oxygen atoms in total. The van der Waals surface area contributed by atoms with Crippen LogP contribution >= 0.6 is 0 Å². The van der Waals surface area contributed by atoms with Gasteiger partial charge in [0.1, 0.15) is 5.82 Å². The van der Waals surface area contributed by atoms with Crippen molar-refractivity contribution in [3.8, 4) is 0 Å². The Balaban J connectivity index is 2.65. The van der Waals surface area contributed by atoms with Crippen molar-refractivity contribution in [2.24, 2.45) is 4.99 Å². The van der Waals surface area contributed by atoms with E-state index in [9.17, 15) is 4.39 Å². The molecule has 0 aliphatic rings. The summed E-state index contributed by atoms with van der Waals surface area (Å²) in [5.74, 6) is 0.506. The van der Waals surface area contributed by atoms with Gasteiger partial charge in [-0.1, -0.05) is 18.2 Å². The first-order valence-corrected chi connectivity index (χ1v) is 5.53. The predicted molar refractivity (Wildman–Crippen MR) is 64.9 cm³/mol. The molecule has 88 valence electrons. The minimum atomic E-state index is -0.210. The summed E-state index contributed by atoms with van der Waals surface area (Å²) in [5, 5.41) is 6.18. The standard InChI is InChI=1S/C12H18FN3/c1-3-14-12(15-4-2)16-9-10-7-5-6-8-11(10)13/h5-8H,3-4,9H2,1-2H3,(H2,14,15,16). The van der Waals surface area contributed by atoms with E-state index >= 15 is 0 Å². The molecular weight excluding hydrogens is 205 g/mol. The van der Waals surface area contributed by atoms with Crippen LogP contribution in [-0.2, 0) is 6.54 Å². The summed E-state index contributed by atoms with van der Waals surface area (Å²) < 4.78 is 13.3. The van der Waals surface area contributed by atoms with Gasteiger partial charge in [-0.3, -0.25) is 0 Å². The predicted octanol–water partition coefficient (Wildman–Crippen LogP) is 1.90. The van der Waals surface area contributed by atoms with Crippen molar-refractivity contribution in [2.45, 2.75) is 20.4 Å². The first-order chi connectivity index (χ1) is 7.77. The Morgan fingerprint density at radius 3 is 2.38 bits per heavy atom. The van der Waals surface area contributed by atoms with E-state index in [1.165, 1.54) is 6.07 Å². The Hall–Kier alpha value is -1.58. The van der Waals surface area contributed by atoms with Gasteiger partial charge < -0.3 is 10.6 Å². The average Bonchev–Trinajstić information content (AvgIpc) is 2.28. The molecule has 0 spiro atoms. The summed E-state index contributed by atoms with van der Waals surface area (Å²) in [6, 6.07) is 6.69. The van der Waals surface area contributed by atoms with E-state index in [1.54, 1.807) is 12.1 Å². The van der Waals surface area contributed by atoms with Crippen LogP contribution in [0.2, 0.25) is 0 Å². The molecule has 0 unspecified atom stereocenters. The van der Waals surface area contributed by atoms with E-state index in [2.05, 4.69) is 15.6 Å². The van der Waals surface area contributed by atoms with E-state index in [0.717, 1.165) is 13.1 Å². The zero-order valence-electron chi connectivity index (χ0n) is 9.76. The Bertz CT molecular complexity index is 342. The number of nitrogens with one attached hydrogen (secondary N) is 2. The van der Waals surface area contributed by atoms with Crippen LogP contribution in [0.1, 0.15) is 19.4 Å². The molecule has 0 bridgehead atoms. The summed E-state index contributed by atoms with van der Waals surface area (Å²) in [6.07, 6.45) is 0. The molecule has 0 aromatic heterocycles. The molecule has 0 saturated carbocycles. The molecule has 0 fully saturated rings. The Labute approximate surface area is 95.8 Å². The van der Waals surface area contributed by atoms with Crippen LogP contribution in [0.3, 0.4) is 0 Å². The van der Waals surface area contributed by atoms with E-state index in [4.69, 9.17) is 0 Å². The number of rotatable bonds is 4. The van der Waals surface area contributed by atoms with Gasteiger partial charge in [-0.2, -0.15) is 0 Å². The summed E-state index contributed by atoms with van der Waals surface area (Å²) in [7, 11) is 0. The van der Waals surface area contributed by atoms with Crippen molar-refractivity contribution >= 4 is 5.96 Å². The molecule has 0 atom stereocenters. The van der Waals surface area contributed by atoms with Crippen molar-refractivity contribution in [1.29, 1.82) is 0 Å². The van der Waals surface area contributed by atoms with Gasteiger partial charge in [0.15, 0.2) is 5.96 Å². The maximum absolute atomic E-state index is 13.3. The Morgan fingerprint density at radius 1 is 1.19 bits per heavy atom. The third-order valence-corrected chi connectivity index (χ3v) is 2.05. The second kappa shape index (κ2) is 6.82. The zero-order chi connectivity index (χ0) is 11.8. The molecule has 0 radical (unpaired) electrons. The number of halogens is 1. The number of aliphatic imine (C=N–C) groups is 1. The fraction of sp³-hybridized carbons (Fsp3) is 0.417. The van der Waals surface area contributed by atoms with Crippen LogP contribution in [0.5, 0.6) is 0 Å². The quantitative estimate of drug-likeness (QED) is 0.604. The molecule has 1 aromatic rings. The first-order valence-electron chi connectivity index (χ1n) is 5.53. The average molecular weight is 223 g/mol. The highest BCUT2D eigenvalue weighted by atomic mass is 19.1. The van der Waals surface area contributed by atoms with E-state index in [1.807, 2.05) is 19.9 Å². The third kappa shape index (κ3) is 3.88. The van der Waals surface area contributed by atoms with E-state index < -0.39 is 0 Å². The van der Waals surface area contributed by atoms with Crippen LogP contribution in [-0.4, -0.2) is 19.0 Å². The van der Waals surface area contributed by atoms with Crippen molar-refractivity contribution in [3.05, 3.63) is 35.6 Å². The number of guanidine groups is 1. The molecule has 0 aliphatic heterocycles. The van der Waals surface area contributed by atoms with Crippen molar-refractivity contribution in [2.75, 3.05) is 13.1 Å². The smallest absolute Gasteiger partial charge is 0.191 e. The van der Waals surface area contributed by atoms with Gasteiger partial charge in [-0.15, -0.1) is 0 Å². The minimum absolute atomic E-state index is 0.210. The number of nitrogens with zero attached hydrogens (tertiary/aromatic N) is 1. The normalized spacial score (nSPS) is 9.69. The molecule has 16 heavy (non-hydrogen) atoms. The second-order valence-electron chi connectivity index (χ2n) is 3.32. The van der Waals surface area contributed by atoms with Crippen LogP contribution in [0.25, 0.3) is 0 Å². The molecule has 2 N–H and O–H groups in total. The minimum Gasteiger partial charge on any atom is -0.357 e. The molecule has 1 aromatic carbocycles. The summed E-state index contributed by atoms with van der Waals surface area (Å²) >= 11 is 0. The highest BCUT2D eigenvalue weighted by Crippen LogP contribution is 2.07. The van der Waals surface area contributed by atoms with Gasteiger partial charge in [0.2, 0.25) is 0 Å². The van der Waals surface area contributed by atoms with Gasteiger partial charge in [-0.05, 0) is 19.9 Å². The molecule has 0 amide bonds. The lowest BCUT2D eigenvalue weighted by molar-refractivity contribution is 0.610. The first kappa shape index (κ1) is 12.5.